The monoisotopic (exact) mass is 418 g/mol. The molecule has 3 rings (SSSR count). The molecule has 2 unspecified atom stereocenters. The maximum absolute atomic E-state index is 14.2. The minimum atomic E-state index is -1.63. The largest absolute Gasteiger partial charge is 0.424 e. The second kappa shape index (κ2) is 9.79. The molecule has 1 aliphatic rings. The number of anilines is 2. The number of hydrogen-bond donors (Lipinski definition) is 4. The van der Waals surface area contributed by atoms with E-state index < -0.39 is 17.9 Å². The number of aliphatic hydroxyl groups excluding tert-OH is 1. The molecule has 8 nitrogen and oxygen atoms in total. The van der Waals surface area contributed by atoms with Crippen LogP contribution in [0.5, 0.6) is 0 Å². The Morgan fingerprint density at radius 2 is 2.07 bits per heavy atom. The van der Waals surface area contributed by atoms with E-state index in [0.29, 0.717) is 17.7 Å². The third kappa shape index (κ3) is 4.90. The Balaban J connectivity index is 1.81. The van der Waals surface area contributed by atoms with E-state index in [0.717, 1.165) is 6.08 Å². The summed E-state index contributed by atoms with van der Waals surface area (Å²) in [7, 11) is 0. The lowest BCUT2D eigenvalue weighted by Gasteiger charge is -2.16. The summed E-state index contributed by atoms with van der Waals surface area (Å²) in [6.07, 6.45) is 2.47. The van der Waals surface area contributed by atoms with Crippen LogP contribution in [0.4, 0.5) is 20.4 Å². The molecule has 158 valence electrons. The number of aromatic nitrogens is 1. The number of allylic oxidation sites excluding steroid dienone is 4. The Morgan fingerprint density at radius 1 is 1.30 bits per heavy atom. The van der Waals surface area contributed by atoms with E-state index >= 15 is 0 Å². The minimum absolute atomic E-state index is 0.0121. The predicted molar refractivity (Wildman–Crippen MR) is 105 cm³/mol. The summed E-state index contributed by atoms with van der Waals surface area (Å²) >= 11 is 0. The van der Waals surface area contributed by atoms with Crippen molar-refractivity contribution in [3.8, 4) is 0 Å². The maximum atomic E-state index is 14.2. The van der Waals surface area contributed by atoms with Gasteiger partial charge in [-0.2, -0.15) is 0 Å². The van der Waals surface area contributed by atoms with Crippen LogP contribution in [0, 0.1) is 0 Å². The highest BCUT2D eigenvalue weighted by molar-refractivity contribution is 5.94. The van der Waals surface area contributed by atoms with Crippen LogP contribution in [-0.4, -0.2) is 41.7 Å². The van der Waals surface area contributed by atoms with Crippen LogP contribution in [0.1, 0.15) is 27.9 Å². The highest BCUT2D eigenvalue weighted by Crippen LogP contribution is 2.36. The summed E-state index contributed by atoms with van der Waals surface area (Å²) in [5.74, 6) is -2.41. The van der Waals surface area contributed by atoms with Gasteiger partial charge in [0, 0.05) is 17.8 Å². The number of halogens is 2. The molecular weight excluding hydrogens is 398 g/mol. The number of amides is 2. The number of carbonyl (C=O) groups is 2. The normalized spacial score (nSPS) is 17.9. The van der Waals surface area contributed by atoms with Gasteiger partial charge in [-0.3, -0.25) is 9.59 Å². The molecule has 1 aromatic heterocycles. The standard InChI is InChI=1S/C20H20F2N4O4/c21-14-2-1-3-15(22)17(14)20-26-16(10-23-11-28)19(30-20)25-13-6-4-12(5-7-13)18(29)24-8-9-27/h1-7,11,14,17,25,27H,8-10H2,(H,23,28)(H,24,29). The van der Waals surface area contributed by atoms with Crippen LogP contribution in [-0.2, 0) is 11.3 Å². The lowest BCUT2D eigenvalue weighted by Crippen LogP contribution is -2.26. The average Bonchev–Trinajstić information content (AvgIpc) is 3.12. The Bertz CT molecular complexity index is 956. The first-order valence-electron chi connectivity index (χ1n) is 9.14. The lowest BCUT2D eigenvalue weighted by molar-refractivity contribution is -0.109. The molecule has 0 spiro atoms. The summed E-state index contributed by atoms with van der Waals surface area (Å²) in [5, 5.41) is 16.7. The average molecular weight is 418 g/mol. The Morgan fingerprint density at radius 3 is 2.73 bits per heavy atom. The van der Waals surface area contributed by atoms with Gasteiger partial charge in [-0.05, 0) is 36.4 Å². The van der Waals surface area contributed by atoms with E-state index in [-0.39, 0.29) is 43.1 Å². The van der Waals surface area contributed by atoms with Gasteiger partial charge in [0.1, 0.15) is 23.6 Å². The molecule has 0 fully saturated rings. The predicted octanol–water partition coefficient (Wildman–Crippen LogP) is 2.23. The zero-order valence-corrected chi connectivity index (χ0v) is 15.8. The molecule has 2 aromatic rings. The van der Waals surface area contributed by atoms with Gasteiger partial charge in [0.05, 0.1) is 13.2 Å². The van der Waals surface area contributed by atoms with Crippen molar-refractivity contribution in [1.82, 2.24) is 15.6 Å². The van der Waals surface area contributed by atoms with Crippen molar-refractivity contribution in [2.75, 3.05) is 18.5 Å². The van der Waals surface area contributed by atoms with Crippen LogP contribution < -0.4 is 16.0 Å². The van der Waals surface area contributed by atoms with E-state index in [1.807, 2.05) is 0 Å². The molecule has 0 radical (unpaired) electrons. The van der Waals surface area contributed by atoms with Gasteiger partial charge in [0.15, 0.2) is 0 Å². The summed E-state index contributed by atoms with van der Waals surface area (Å²) < 4.78 is 33.9. The zero-order chi connectivity index (χ0) is 21.5. The zero-order valence-electron chi connectivity index (χ0n) is 15.8. The second-order valence-corrected chi connectivity index (χ2v) is 6.37. The van der Waals surface area contributed by atoms with E-state index in [2.05, 4.69) is 20.9 Å². The summed E-state index contributed by atoms with van der Waals surface area (Å²) in [4.78, 5) is 26.7. The first-order valence-corrected chi connectivity index (χ1v) is 9.14. The van der Waals surface area contributed by atoms with Crippen LogP contribution >= 0.6 is 0 Å². The first kappa shape index (κ1) is 21.2. The highest BCUT2D eigenvalue weighted by Gasteiger charge is 2.33. The molecule has 1 heterocycles. The van der Waals surface area contributed by atoms with Crippen LogP contribution in [0.3, 0.4) is 0 Å². The molecular formula is C20H20F2N4O4. The Labute approximate surface area is 170 Å². The summed E-state index contributed by atoms with van der Waals surface area (Å²) in [5.41, 5.74) is 1.17. The molecule has 0 aliphatic heterocycles. The van der Waals surface area contributed by atoms with E-state index in [1.165, 1.54) is 12.2 Å². The summed E-state index contributed by atoms with van der Waals surface area (Å²) in [6, 6.07) is 6.33. The van der Waals surface area contributed by atoms with Crippen LogP contribution in [0.15, 0.2) is 52.7 Å². The van der Waals surface area contributed by atoms with Crippen molar-refractivity contribution < 1.29 is 27.9 Å². The Kier molecular flexibility index (Phi) is 6.91. The number of nitrogens with zero attached hydrogens (tertiary/aromatic N) is 1. The lowest BCUT2D eigenvalue weighted by atomic mass is 9.97. The number of carbonyl (C=O) groups excluding carboxylic acids is 2. The van der Waals surface area contributed by atoms with Gasteiger partial charge in [0.2, 0.25) is 18.2 Å². The Hall–Kier alpha value is -3.53. The molecule has 30 heavy (non-hydrogen) atoms. The van der Waals surface area contributed by atoms with Crippen molar-refractivity contribution in [3.63, 3.8) is 0 Å². The van der Waals surface area contributed by atoms with E-state index in [9.17, 15) is 18.4 Å². The number of alkyl halides is 1. The fourth-order valence-corrected chi connectivity index (χ4v) is 2.84. The second-order valence-electron chi connectivity index (χ2n) is 6.37. The topological polar surface area (TPSA) is 116 Å². The smallest absolute Gasteiger partial charge is 0.251 e. The summed E-state index contributed by atoms with van der Waals surface area (Å²) in [6.45, 7) is -0.0331. The van der Waals surface area contributed by atoms with Gasteiger partial charge in [0.25, 0.3) is 5.91 Å². The number of hydrogen-bond acceptors (Lipinski definition) is 6. The van der Waals surface area contributed by atoms with E-state index in [1.54, 1.807) is 24.3 Å². The van der Waals surface area contributed by atoms with Crippen molar-refractivity contribution >= 4 is 23.9 Å². The van der Waals surface area contributed by atoms with Gasteiger partial charge in [-0.25, -0.2) is 13.8 Å². The minimum Gasteiger partial charge on any atom is -0.424 e. The van der Waals surface area contributed by atoms with Gasteiger partial charge < -0.3 is 25.5 Å². The van der Waals surface area contributed by atoms with Crippen molar-refractivity contribution in [2.45, 2.75) is 18.6 Å². The van der Waals surface area contributed by atoms with Crippen LogP contribution in [0.25, 0.3) is 0 Å². The number of oxazole rings is 1. The number of aliphatic hydroxyl groups is 1. The molecule has 2 atom stereocenters. The first-order chi connectivity index (χ1) is 14.5. The van der Waals surface area contributed by atoms with E-state index in [4.69, 9.17) is 9.52 Å². The molecule has 1 aromatic carbocycles. The third-order valence-corrected chi connectivity index (χ3v) is 4.30. The third-order valence-electron chi connectivity index (χ3n) is 4.30. The SMILES string of the molecule is O=CNCc1nc(C2C(F)=CC=CC2F)oc1Nc1ccc(C(=O)NCCO)cc1. The molecule has 4 N–H and O–H groups in total. The number of benzene rings is 1. The van der Waals surface area contributed by atoms with Crippen LogP contribution in [0.2, 0.25) is 0 Å². The van der Waals surface area contributed by atoms with Crippen molar-refractivity contribution in [2.24, 2.45) is 0 Å². The van der Waals surface area contributed by atoms with Gasteiger partial charge in [-0.15, -0.1) is 0 Å². The van der Waals surface area contributed by atoms with Crippen molar-refractivity contribution in [1.29, 1.82) is 0 Å². The molecule has 0 saturated heterocycles. The van der Waals surface area contributed by atoms with Crippen molar-refractivity contribution in [3.05, 3.63) is 65.5 Å². The highest BCUT2D eigenvalue weighted by atomic mass is 19.1. The molecule has 2 amide bonds. The number of nitrogens with one attached hydrogen (secondary N) is 3. The molecule has 0 saturated carbocycles. The maximum Gasteiger partial charge on any atom is 0.251 e. The van der Waals surface area contributed by atoms with Gasteiger partial charge >= 0.3 is 0 Å². The quantitative estimate of drug-likeness (QED) is 0.464. The molecule has 0 bridgehead atoms. The van der Waals surface area contributed by atoms with Gasteiger partial charge in [-0.1, -0.05) is 6.08 Å². The fourth-order valence-electron chi connectivity index (χ4n) is 2.84. The fraction of sp³-hybridized carbons (Fsp3) is 0.250. The molecule has 1 aliphatic carbocycles. The number of rotatable bonds is 9. The molecule has 10 heteroatoms.